The number of rotatable bonds is 5. The van der Waals surface area contributed by atoms with Crippen molar-refractivity contribution in [3.8, 4) is 0 Å². The third kappa shape index (κ3) is 3.61. The van der Waals surface area contributed by atoms with Gasteiger partial charge in [0.1, 0.15) is 0 Å². The van der Waals surface area contributed by atoms with E-state index >= 15 is 0 Å². The van der Waals surface area contributed by atoms with E-state index in [-0.39, 0.29) is 30.3 Å². The second-order valence-electron chi connectivity index (χ2n) is 5.94. The van der Waals surface area contributed by atoms with Crippen molar-refractivity contribution in [1.29, 1.82) is 0 Å². The van der Waals surface area contributed by atoms with Crippen LogP contribution in [0.3, 0.4) is 0 Å². The number of carbonyl (C=O) groups excluding carboxylic acids is 2. The Balaban J connectivity index is 1.61. The minimum atomic E-state index is -0.471. The van der Waals surface area contributed by atoms with Crippen LogP contribution in [-0.4, -0.2) is 21.3 Å². The van der Waals surface area contributed by atoms with Crippen LogP contribution in [-0.2, 0) is 4.79 Å². The lowest BCUT2D eigenvalue weighted by Crippen LogP contribution is -2.16. The van der Waals surface area contributed by atoms with E-state index in [0.717, 1.165) is 10.9 Å². The number of nitro groups is 1. The predicted octanol–water partition coefficient (Wildman–Crippen LogP) is 3.92. The van der Waals surface area contributed by atoms with E-state index in [0.29, 0.717) is 11.3 Å². The minimum Gasteiger partial charge on any atom is -0.326 e. The van der Waals surface area contributed by atoms with Gasteiger partial charge >= 0.3 is 0 Å². The first-order chi connectivity index (χ1) is 12.5. The largest absolute Gasteiger partial charge is 0.326 e. The molecule has 0 saturated carbocycles. The molecule has 0 spiro atoms. The maximum absolute atomic E-state index is 12.4. The molecule has 7 nitrogen and oxygen atoms in total. The number of nitrogens with one attached hydrogen (secondary N) is 1. The van der Waals surface area contributed by atoms with Crippen molar-refractivity contribution >= 4 is 34.1 Å². The van der Waals surface area contributed by atoms with Gasteiger partial charge in [0.2, 0.25) is 11.8 Å². The number of aromatic nitrogens is 1. The molecule has 26 heavy (non-hydrogen) atoms. The lowest BCUT2D eigenvalue weighted by Gasteiger charge is -2.07. The second kappa shape index (κ2) is 7.18. The Morgan fingerprint density at radius 2 is 1.88 bits per heavy atom. The molecule has 0 aliphatic carbocycles. The first-order valence-corrected chi connectivity index (χ1v) is 8.10. The highest BCUT2D eigenvalue weighted by Crippen LogP contribution is 2.22. The van der Waals surface area contributed by atoms with Crippen molar-refractivity contribution in [2.45, 2.75) is 19.8 Å². The number of anilines is 1. The molecule has 1 N–H and O–H groups in total. The van der Waals surface area contributed by atoms with E-state index in [1.807, 2.05) is 30.3 Å². The van der Waals surface area contributed by atoms with Gasteiger partial charge in [0, 0.05) is 41.7 Å². The van der Waals surface area contributed by atoms with Crippen LogP contribution in [0.2, 0.25) is 0 Å². The summed E-state index contributed by atoms with van der Waals surface area (Å²) in [5.74, 6) is -0.482. The van der Waals surface area contributed by atoms with Gasteiger partial charge in [0.15, 0.2) is 0 Å². The summed E-state index contributed by atoms with van der Waals surface area (Å²) in [6.07, 6.45) is 1.79. The van der Waals surface area contributed by atoms with Gasteiger partial charge in [-0.05, 0) is 31.2 Å². The number of fused-ring (bicyclic) bond motifs is 1. The van der Waals surface area contributed by atoms with Gasteiger partial charge < -0.3 is 5.32 Å². The second-order valence-corrected chi connectivity index (χ2v) is 5.94. The zero-order valence-corrected chi connectivity index (χ0v) is 14.1. The van der Waals surface area contributed by atoms with E-state index in [1.54, 1.807) is 17.7 Å². The maximum atomic E-state index is 12.4. The van der Waals surface area contributed by atoms with Crippen LogP contribution in [0.5, 0.6) is 0 Å². The maximum Gasteiger partial charge on any atom is 0.272 e. The van der Waals surface area contributed by atoms with Crippen LogP contribution in [0.25, 0.3) is 10.9 Å². The van der Waals surface area contributed by atoms with Crippen molar-refractivity contribution in [3.63, 3.8) is 0 Å². The van der Waals surface area contributed by atoms with Gasteiger partial charge in [-0.15, -0.1) is 0 Å². The summed E-state index contributed by atoms with van der Waals surface area (Å²) in [6.45, 7) is 1.61. The molecule has 7 heteroatoms. The van der Waals surface area contributed by atoms with Crippen LogP contribution in [0.4, 0.5) is 11.4 Å². The molecule has 0 fully saturated rings. The molecular weight excluding hydrogens is 334 g/mol. The number of amides is 1. The molecule has 0 unspecified atom stereocenters. The van der Waals surface area contributed by atoms with Crippen molar-refractivity contribution in [1.82, 2.24) is 4.57 Å². The summed E-state index contributed by atoms with van der Waals surface area (Å²) in [4.78, 5) is 34.8. The van der Waals surface area contributed by atoms with Gasteiger partial charge in [-0.1, -0.05) is 18.2 Å². The molecular formula is C19H17N3O4. The quantitative estimate of drug-likeness (QED) is 0.557. The van der Waals surface area contributed by atoms with E-state index in [2.05, 4.69) is 5.32 Å². The van der Waals surface area contributed by atoms with Crippen molar-refractivity contribution in [3.05, 3.63) is 70.4 Å². The monoisotopic (exact) mass is 351 g/mol. The number of carbonyl (C=O) groups is 2. The summed E-state index contributed by atoms with van der Waals surface area (Å²) < 4.78 is 1.54. The lowest BCUT2D eigenvalue weighted by molar-refractivity contribution is -0.385. The summed E-state index contributed by atoms with van der Waals surface area (Å²) in [7, 11) is 0. The molecule has 3 rings (SSSR count). The Hall–Kier alpha value is -3.48. The van der Waals surface area contributed by atoms with Gasteiger partial charge in [0.25, 0.3) is 5.69 Å². The molecule has 0 radical (unpaired) electrons. The Kier molecular flexibility index (Phi) is 4.79. The zero-order valence-electron chi connectivity index (χ0n) is 14.1. The summed E-state index contributed by atoms with van der Waals surface area (Å²) in [5, 5.41) is 14.4. The molecule has 0 aliphatic rings. The van der Waals surface area contributed by atoms with E-state index < -0.39 is 4.92 Å². The molecule has 0 aliphatic heterocycles. The fourth-order valence-electron chi connectivity index (χ4n) is 2.80. The van der Waals surface area contributed by atoms with Crippen LogP contribution >= 0.6 is 0 Å². The molecule has 0 atom stereocenters. The highest BCUT2D eigenvalue weighted by Gasteiger charge is 2.13. The Bertz CT molecular complexity index is 1010. The number of para-hydroxylation sites is 1. The summed E-state index contributed by atoms with van der Waals surface area (Å²) >= 11 is 0. The standard InChI is InChI=1S/C19H17N3O4/c1-13-12-15(6-7-16(13)22(25)26)20-18(23)8-9-19(24)21-11-10-14-4-2-3-5-17(14)21/h2-7,10-12H,8-9H2,1H3,(H,20,23). The number of nitro benzene ring substituents is 1. The number of nitrogens with zero attached hydrogens (tertiary/aromatic N) is 2. The Labute approximate surface area is 149 Å². The zero-order chi connectivity index (χ0) is 18.7. The van der Waals surface area contributed by atoms with E-state index in [9.17, 15) is 19.7 Å². The van der Waals surface area contributed by atoms with Crippen LogP contribution in [0.1, 0.15) is 23.2 Å². The smallest absolute Gasteiger partial charge is 0.272 e. The molecule has 1 aromatic heterocycles. The number of aryl methyl sites for hydroxylation is 1. The minimum absolute atomic E-state index is 0.00216. The number of benzene rings is 2. The average molecular weight is 351 g/mol. The third-order valence-corrected chi connectivity index (χ3v) is 4.11. The van der Waals surface area contributed by atoms with Gasteiger partial charge in [-0.25, -0.2) is 0 Å². The van der Waals surface area contributed by atoms with E-state index in [4.69, 9.17) is 0 Å². The number of hydrogen-bond acceptors (Lipinski definition) is 4. The third-order valence-electron chi connectivity index (χ3n) is 4.11. The number of hydrogen-bond donors (Lipinski definition) is 1. The molecule has 0 bridgehead atoms. The summed E-state index contributed by atoms with van der Waals surface area (Å²) in [5.41, 5.74) is 1.74. The molecule has 2 aromatic carbocycles. The predicted molar refractivity (Wildman–Crippen MR) is 98.3 cm³/mol. The van der Waals surface area contributed by atoms with E-state index in [1.165, 1.54) is 18.2 Å². The first kappa shape index (κ1) is 17.3. The van der Waals surface area contributed by atoms with Gasteiger partial charge in [0.05, 0.1) is 10.4 Å². The highest BCUT2D eigenvalue weighted by molar-refractivity contribution is 5.96. The van der Waals surface area contributed by atoms with Crippen LogP contribution in [0, 0.1) is 17.0 Å². The van der Waals surface area contributed by atoms with Crippen molar-refractivity contribution < 1.29 is 14.5 Å². The Morgan fingerprint density at radius 3 is 2.62 bits per heavy atom. The van der Waals surface area contributed by atoms with Crippen LogP contribution in [0.15, 0.2) is 54.7 Å². The first-order valence-electron chi connectivity index (χ1n) is 8.10. The topological polar surface area (TPSA) is 94.2 Å². The van der Waals surface area contributed by atoms with Crippen molar-refractivity contribution in [2.24, 2.45) is 0 Å². The molecule has 1 heterocycles. The van der Waals surface area contributed by atoms with Crippen LogP contribution < -0.4 is 5.32 Å². The normalized spacial score (nSPS) is 10.7. The summed E-state index contributed by atoms with van der Waals surface area (Å²) in [6, 6.07) is 13.7. The molecule has 3 aromatic rings. The SMILES string of the molecule is Cc1cc(NC(=O)CCC(=O)n2ccc3ccccc32)ccc1[N+](=O)[O-]. The van der Waals surface area contributed by atoms with Gasteiger partial charge in [-0.2, -0.15) is 0 Å². The molecule has 132 valence electrons. The average Bonchev–Trinajstić information content (AvgIpc) is 3.03. The molecule has 1 amide bonds. The lowest BCUT2D eigenvalue weighted by atomic mass is 10.1. The van der Waals surface area contributed by atoms with Crippen molar-refractivity contribution in [2.75, 3.05) is 5.32 Å². The molecule has 0 saturated heterocycles. The fraction of sp³-hybridized carbons (Fsp3) is 0.158. The highest BCUT2D eigenvalue weighted by atomic mass is 16.6. The van der Waals surface area contributed by atoms with Gasteiger partial charge in [-0.3, -0.25) is 24.3 Å². The Morgan fingerprint density at radius 1 is 1.12 bits per heavy atom. The fourth-order valence-corrected chi connectivity index (χ4v) is 2.80.